The van der Waals surface area contributed by atoms with Crippen LogP contribution in [-0.4, -0.2) is 31.4 Å². The van der Waals surface area contributed by atoms with Crippen LogP contribution in [0, 0.1) is 0 Å². The van der Waals surface area contributed by atoms with E-state index in [0.29, 0.717) is 0 Å². The molecule has 0 unspecified atom stereocenters. The molecule has 0 saturated heterocycles. The number of hydrogen-bond donors (Lipinski definition) is 0. The first-order valence-corrected chi connectivity index (χ1v) is 10.6. The van der Waals surface area contributed by atoms with Gasteiger partial charge in [0, 0.05) is 0 Å². The fourth-order valence-corrected chi connectivity index (χ4v) is 8.60. The van der Waals surface area contributed by atoms with Crippen molar-refractivity contribution < 1.29 is 0 Å². The molecule has 0 amide bonds. The molecule has 0 aromatic carbocycles. The minimum absolute atomic E-state index is 0. The van der Waals surface area contributed by atoms with Crippen LogP contribution in [0.5, 0.6) is 0 Å². The molecule has 0 nitrogen and oxygen atoms in total. The van der Waals surface area contributed by atoms with Gasteiger partial charge in [0.1, 0.15) is 0 Å². The third-order valence-electron chi connectivity index (χ3n) is 2.65. The Morgan fingerprint density at radius 2 is 0.929 bits per heavy atom. The Morgan fingerprint density at radius 3 is 1.14 bits per heavy atom. The van der Waals surface area contributed by atoms with Crippen molar-refractivity contribution in [3.63, 3.8) is 0 Å². The fourth-order valence-electron chi connectivity index (χ4n) is 1.66. The van der Waals surface area contributed by atoms with Crippen LogP contribution in [0.15, 0.2) is 0 Å². The summed E-state index contributed by atoms with van der Waals surface area (Å²) in [5.74, 6) is 0. The van der Waals surface area contributed by atoms with Gasteiger partial charge >= 0.3 is 106 Å². The summed E-state index contributed by atoms with van der Waals surface area (Å²) in [6.45, 7) is 6.99. The molecule has 0 aliphatic rings. The molecule has 0 aromatic heterocycles. The average Bonchev–Trinajstić information content (AvgIpc) is 2.17. The van der Waals surface area contributed by atoms with Gasteiger partial charge in [0.15, 0.2) is 0 Å². The summed E-state index contributed by atoms with van der Waals surface area (Å²) < 4.78 is 0. The van der Waals surface area contributed by atoms with Crippen LogP contribution < -0.4 is 0 Å². The molecule has 0 N–H and O–H groups in total. The van der Waals surface area contributed by atoms with E-state index in [4.69, 9.17) is 0 Å². The minimum atomic E-state index is -0.552. The van der Waals surface area contributed by atoms with Crippen molar-refractivity contribution in [3.8, 4) is 0 Å². The molecular formula is C12H28GeSe. The SMILES string of the molecule is CCC[CH2][Ge]([CH2]CCC)[CH2]CCC.[SeH]. The van der Waals surface area contributed by atoms with E-state index in [9.17, 15) is 0 Å². The second-order valence-electron chi connectivity index (χ2n) is 4.06. The Balaban J connectivity index is 0. The van der Waals surface area contributed by atoms with E-state index in [1.165, 1.54) is 38.5 Å². The molecule has 0 bridgehead atoms. The normalized spacial score (nSPS) is 10.3. The van der Waals surface area contributed by atoms with Gasteiger partial charge in [0.25, 0.3) is 0 Å². The predicted octanol–water partition coefficient (Wildman–Crippen LogP) is 4.23. The Hall–Kier alpha value is 1.06. The van der Waals surface area contributed by atoms with E-state index in [0.717, 1.165) is 0 Å². The molecule has 0 spiro atoms. The maximum atomic E-state index is 2.33. The second kappa shape index (κ2) is 14.1. The van der Waals surface area contributed by atoms with E-state index < -0.39 is 14.3 Å². The summed E-state index contributed by atoms with van der Waals surface area (Å²) >= 11 is -0.552. The summed E-state index contributed by atoms with van der Waals surface area (Å²) in [5.41, 5.74) is 0. The van der Waals surface area contributed by atoms with Gasteiger partial charge in [-0.25, -0.2) is 0 Å². The first-order chi connectivity index (χ1) is 6.35. The quantitative estimate of drug-likeness (QED) is 0.557. The van der Waals surface area contributed by atoms with Crippen LogP contribution in [0.4, 0.5) is 0 Å². The van der Waals surface area contributed by atoms with Gasteiger partial charge < -0.3 is 0 Å². The first kappa shape index (κ1) is 17.5. The molecule has 0 aromatic rings. The molecular weight excluding hydrogens is 296 g/mol. The molecule has 2 heteroatoms. The second-order valence-corrected chi connectivity index (χ2v) is 10.4. The Labute approximate surface area is 106 Å². The Morgan fingerprint density at radius 1 is 0.643 bits per heavy atom. The third-order valence-corrected chi connectivity index (χ3v) is 9.33. The molecule has 0 heterocycles. The number of unbranched alkanes of at least 4 members (excludes halogenated alkanes) is 3. The summed E-state index contributed by atoms with van der Waals surface area (Å²) in [6, 6.07) is 0. The van der Waals surface area contributed by atoms with Crippen LogP contribution in [0.3, 0.4) is 0 Å². The fraction of sp³-hybridized carbons (Fsp3) is 1.00. The van der Waals surface area contributed by atoms with Gasteiger partial charge in [0.2, 0.25) is 0 Å². The monoisotopic (exact) mass is 326 g/mol. The Kier molecular flexibility index (Phi) is 17.5. The zero-order valence-corrected chi connectivity index (χ0v) is 14.3. The van der Waals surface area contributed by atoms with Crippen molar-refractivity contribution in [3.05, 3.63) is 0 Å². The van der Waals surface area contributed by atoms with Crippen LogP contribution in [-0.2, 0) is 0 Å². The van der Waals surface area contributed by atoms with Gasteiger partial charge in [-0.15, -0.1) is 0 Å². The van der Waals surface area contributed by atoms with Crippen molar-refractivity contribution in [2.45, 2.75) is 75.1 Å². The average molecular weight is 324 g/mol. The van der Waals surface area contributed by atoms with Gasteiger partial charge in [-0.2, -0.15) is 0 Å². The summed E-state index contributed by atoms with van der Waals surface area (Å²) in [6.07, 6.45) is 8.78. The molecule has 14 heavy (non-hydrogen) atoms. The van der Waals surface area contributed by atoms with Gasteiger partial charge in [-0.05, 0) is 0 Å². The molecule has 0 fully saturated rings. The maximum absolute atomic E-state index is 2.33. The van der Waals surface area contributed by atoms with E-state index in [1.54, 1.807) is 15.8 Å². The van der Waals surface area contributed by atoms with Gasteiger partial charge in [-0.1, -0.05) is 0 Å². The van der Waals surface area contributed by atoms with Crippen LogP contribution in [0.2, 0.25) is 15.8 Å². The first-order valence-electron chi connectivity index (χ1n) is 6.18. The topological polar surface area (TPSA) is 0 Å². The van der Waals surface area contributed by atoms with Crippen LogP contribution in [0.1, 0.15) is 59.3 Å². The van der Waals surface area contributed by atoms with E-state index in [-0.39, 0.29) is 17.1 Å². The molecule has 0 saturated carbocycles. The molecule has 0 aliphatic carbocycles. The summed E-state index contributed by atoms with van der Waals surface area (Å²) in [5, 5.41) is 4.95. The van der Waals surface area contributed by atoms with Crippen molar-refractivity contribution >= 4 is 31.4 Å². The van der Waals surface area contributed by atoms with E-state index in [2.05, 4.69) is 20.8 Å². The zero-order valence-electron chi connectivity index (χ0n) is 10.3. The van der Waals surface area contributed by atoms with Gasteiger partial charge in [0.05, 0.1) is 0 Å². The van der Waals surface area contributed by atoms with Crippen molar-refractivity contribution in [2.24, 2.45) is 0 Å². The Bertz CT molecular complexity index is 77.3. The molecule has 0 rings (SSSR count). The molecule has 86 valence electrons. The molecule has 0 aliphatic heterocycles. The number of hydrogen-bond acceptors (Lipinski definition) is 0. The van der Waals surface area contributed by atoms with Crippen molar-refractivity contribution in [1.29, 1.82) is 0 Å². The van der Waals surface area contributed by atoms with E-state index in [1.807, 2.05) is 0 Å². The third kappa shape index (κ3) is 11.1. The summed E-state index contributed by atoms with van der Waals surface area (Å²) in [4.78, 5) is 0. The van der Waals surface area contributed by atoms with Crippen molar-refractivity contribution in [1.82, 2.24) is 0 Å². The van der Waals surface area contributed by atoms with Crippen LogP contribution >= 0.6 is 0 Å². The van der Waals surface area contributed by atoms with Gasteiger partial charge in [-0.3, -0.25) is 0 Å². The summed E-state index contributed by atoms with van der Waals surface area (Å²) in [7, 11) is 0. The zero-order chi connectivity index (χ0) is 9.94. The molecule has 2 radical (unpaired) electrons. The predicted molar refractivity (Wildman–Crippen MR) is 72.0 cm³/mol. The number of rotatable bonds is 9. The molecule has 0 atom stereocenters. The van der Waals surface area contributed by atoms with E-state index >= 15 is 0 Å². The van der Waals surface area contributed by atoms with Crippen molar-refractivity contribution in [2.75, 3.05) is 0 Å². The standard InChI is InChI=1S/C12H27Ge.HSe/c1-4-7-10-13(11-8-5-2)12-9-6-3;/h4-12H2,1-3H3;1H. The van der Waals surface area contributed by atoms with Crippen LogP contribution in [0.25, 0.3) is 0 Å².